The van der Waals surface area contributed by atoms with Crippen LogP contribution in [0.2, 0.25) is 0 Å². The van der Waals surface area contributed by atoms with Crippen LogP contribution in [0.3, 0.4) is 0 Å². The van der Waals surface area contributed by atoms with Gasteiger partial charge in [-0.25, -0.2) is 0 Å². The molecule has 0 saturated heterocycles. The highest BCUT2D eigenvalue weighted by Crippen LogP contribution is 2.04. The highest BCUT2D eigenvalue weighted by atomic mass is 16.6. The summed E-state index contributed by atoms with van der Waals surface area (Å²) in [7, 11) is 0. The average molecular weight is 187 g/mol. The molecule has 0 N–H and O–H groups in total. The Kier molecular flexibility index (Phi) is 5.50. The molecule has 5 nitrogen and oxygen atoms in total. The van der Waals surface area contributed by atoms with E-state index in [-0.39, 0.29) is 17.4 Å². The highest BCUT2D eigenvalue weighted by molar-refractivity contribution is 5.66. The summed E-state index contributed by atoms with van der Waals surface area (Å²) in [4.78, 5) is 20.1. The van der Waals surface area contributed by atoms with Gasteiger partial charge in [-0.3, -0.25) is 14.9 Å². The van der Waals surface area contributed by atoms with E-state index in [0.717, 1.165) is 0 Å². The maximum Gasteiger partial charge on any atom is 0.307 e. The van der Waals surface area contributed by atoms with Gasteiger partial charge in [0.1, 0.15) is 0 Å². The van der Waals surface area contributed by atoms with E-state index in [4.69, 9.17) is 0 Å². The molecule has 0 unspecified atom stereocenters. The van der Waals surface area contributed by atoms with Gasteiger partial charge in [-0.05, 0) is 12.5 Å². The standard InChI is InChI=1S/C8H13NO4/c1-3-8(6-9(11)12)4-5-13-7(2)10/h4-5,8H,3,6H2,1-2H3/b5-4-/t8-/m0/s1. The third kappa shape index (κ3) is 6.99. The fourth-order valence-corrected chi connectivity index (χ4v) is 0.764. The zero-order chi connectivity index (χ0) is 10.3. The first-order valence-electron chi connectivity index (χ1n) is 4.02. The van der Waals surface area contributed by atoms with Crippen LogP contribution in [0.5, 0.6) is 0 Å². The Morgan fingerprint density at radius 2 is 2.31 bits per heavy atom. The van der Waals surface area contributed by atoms with E-state index in [9.17, 15) is 14.9 Å². The van der Waals surface area contributed by atoms with Gasteiger partial charge in [0, 0.05) is 17.8 Å². The Morgan fingerprint density at radius 3 is 2.69 bits per heavy atom. The molecule has 0 amide bonds. The van der Waals surface area contributed by atoms with Crippen LogP contribution in [0.15, 0.2) is 12.3 Å². The van der Waals surface area contributed by atoms with Crippen molar-refractivity contribution in [1.82, 2.24) is 0 Å². The molecule has 0 rings (SSSR count). The summed E-state index contributed by atoms with van der Waals surface area (Å²) in [5.41, 5.74) is 0. The molecule has 0 aromatic rings. The first-order valence-corrected chi connectivity index (χ1v) is 4.02. The van der Waals surface area contributed by atoms with Gasteiger partial charge in [-0.1, -0.05) is 6.92 Å². The Hall–Kier alpha value is -1.39. The van der Waals surface area contributed by atoms with E-state index in [2.05, 4.69) is 4.74 Å². The van der Waals surface area contributed by atoms with Crippen molar-refractivity contribution >= 4 is 5.97 Å². The number of rotatable bonds is 5. The van der Waals surface area contributed by atoms with Crippen LogP contribution in [0.1, 0.15) is 20.3 Å². The van der Waals surface area contributed by atoms with Crippen molar-refractivity contribution < 1.29 is 14.5 Å². The molecular weight excluding hydrogens is 174 g/mol. The predicted octanol–water partition coefficient (Wildman–Crippen LogP) is 1.37. The summed E-state index contributed by atoms with van der Waals surface area (Å²) >= 11 is 0. The van der Waals surface area contributed by atoms with Crippen LogP contribution in [0.25, 0.3) is 0 Å². The number of nitrogens with zero attached hydrogens (tertiary/aromatic N) is 1. The zero-order valence-electron chi connectivity index (χ0n) is 7.73. The maximum atomic E-state index is 10.3. The van der Waals surface area contributed by atoms with Crippen LogP contribution in [-0.2, 0) is 9.53 Å². The summed E-state index contributed by atoms with van der Waals surface area (Å²) in [5.74, 6) is -0.596. The molecule has 13 heavy (non-hydrogen) atoms. The number of hydrogen-bond donors (Lipinski definition) is 0. The molecule has 0 aromatic heterocycles. The molecule has 0 aliphatic rings. The molecular formula is C8H13NO4. The van der Waals surface area contributed by atoms with Crippen molar-refractivity contribution in [2.75, 3.05) is 6.54 Å². The summed E-state index contributed by atoms with van der Waals surface area (Å²) in [6.45, 7) is 2.99. The Morgan fingerprint density at radius 1 is 1.69 bits per heavy atom. The number of carbonyl (C=O) groups excluding carboxylic acids is 1. The van der Waals surface area contributed by atoms with E-state index in [1.165, 1.54) is 19.3 Å². The highest BCUT2D eigenvalue weighted by Gasteiger charge is 2.08. The Balaban J connectivity index is 3.89. The molecule has 74 valence electrons. The molecule has 0 aliphatic heterocycles. The fourth-order valence-electron chi connectivity index (χ4n) is 0.764. The number of esters is 1. The van der Waals surface area contributed by atoms with Gasteiger partial charge in [0.05, 0.1) is 6.26 Å². The average Bonchev–Trinajstić information content (AvgIpc) is 2.01. The second-order valence-corrected chi connectivity index (χ2v) is 2.62. The van der Waals surface area contributed by atoms with E-state index >= 15 is 0 Å². The minimum Gasteiger partial charge on any atom is -0.435 e. The van der Waals surface area contributed by atoms with Crippen LogP contribution < -0.4 is 0 Å². The van der Waals surface area contributed by atoms with E-state index in [1.54, 1.807) is 0 Å². The van der Waals surface area contributed by atoms with Gasteiger partial charge in [0.25, 0.3) is 0 Å². The van der Waals surface area contributed by atoms with Crippen molar-refractivity contribution in [3.05, 3.63) is 22.5 Å². The molecule has 0 saturated carbocycles. The molecule has 0 aromatic carbocycles. The summed E-state index contributed by atoms with van der Waals surface area (Å²) in [6, 6.07) is 0. The minimum atomic E-state index is -0.424. The van der Waals surface area contributed by atoms with Crippen LogP contribution in [0.4, 0.5) is 0 Å². The largest absolute Gasteiger partial charge is 0.435 e. The molecule has 1 atom stereocenters. The number of hydrogen-bond acceptors (Lipinski definition) is 4. The topological polar surface area (TPSA) is 69.4 Å². The van der Waals surface area contributed by atoms with Gasteiger partial charge in [-0.2, -0.15) is 0 Å². The number of carbonyl (C=O) groups is 1. The predicted molar refractivity (Wildman–Crippen MR) is 46.5 cm³/mol. The Labute approximate surface area is 76.5 Å². The van der Waals surface area contributed by atoms with Crippen LogP contribution >= 0.6 is 0 Å². The van der Waals surface area contributed by atoms with Crippen LogP contribution in [-0.4, -0.2) is 17.4 Å². The fraction of sp³-hybridized carbons (Fsp3) is 0.625. The molecule has 0 radical (unpaired) electrons. The quantitative estimate of drug-likeness (QED) is 0.282. The van der Waals surface area contributed by atoms with Gasteiger partial charge in [0.15, 0.2) is 0 Å². The van der Waals surface area contributed by atoms with Gasteiger partial charge >= 0.3 is 5.97 Å². The third-order valence-electron chi connectivity index (χ3n) is 1.49. The van der Waals surface area contributed by atoms with Gasteiger partial charge in [0.2, 0.25) is 6.54 Å². The van der Waals surface area contributed by atoms with E-state index in [0.29, 0.717) is 6.42 Å². The lowest BCUT2D eigenvalue weighted by Gasteiger charge is -2.02. The van der Waals surface area contributed by atoms with E-state index < -0.39 is 5.97 Å². The van der Waals surface area contributed by atoms with Crippen molar-refractivity contribution in [2.24, 2.45) is 5.92 Å². The molecule has 0 fully saturated rings. The van der Waals surface area contributed by atoms with Crippen molar-refractivity contribution in [3.8, 4) is 0 Å². The zero-order valence-corrected chi connectivity index (χ0v) is 7.73. The van der Waals surface area contributed by atoms with Gasteiger partial charge < -0.3 is 4.74 Å². The lowest BCUT2D eigenvalue weighted by atomic mass is 10.1. The monoisotopic (exact) mass is 187 g/mol. The number of ether oxygens (including phenoxy) is 1. The smallest absolute Gasteiger partial charge is 0.307 e. The molecule has 5 heteroatoms. The third-order valence-corrected chi connectivity index (χ3v) is 1.49. The van der Waals surface area contributed by atoms with Crippen molar-refractivity contribution in [3.63, 3.8) is 0 Å². The normalized spacial score (nSPS) is 12.8. The van der Waals surface area contributed by atoms with Crippen molar-refractivity contribution in [1.29, 1.82) is 0 Å². The van der Waals surface area contributed by atoms with E-state index in [1.807, 2.05) is 6.92 Å². The summed E-state index contributed by atoms with van der Waals surface area (Å²) in [5, 5.41) is 10.1. The molecule has 0 bridgehead atoms. The second kappa shape index (κ2) is 6.16. The number of nitro groups is 1. The molecule has 0 aliphatic carbocycles. The molecule has 0 heterocycles. The van der Waals surface area contributed by atoms with Crippen LogP contribution in [0, 0.1) is 16.0 Å². The first-order chi connectivity index (χ1) is 6.06. The lowest BCUT2D eigenvalue weighted by Crippen LogP contribution is -2.11. The molecule has 0 spiro atoms. The minimum absolute atomic E-state index is 0.131. The SMILES string of the molecule is CC[C@@H](/C=C\OC(C)=O)C[N+](=O)[O-]. The van der Waals surface area contributed by atoms with Gasteiger partial charge in [-0.15, -0.1) is 0 Å². The summed E-state index contributed by atoms with van der Waals surface area (Å²) < 4.78 is 4.51. The first kappa shape index (κ1) is 11.6. The van der Waals surface area contributed by atoms with Crippen molar-refractivity contribution in [2.45, 2.75) is 20.3 Å². The Bertz CT molecular complexity index is 212. The lowest BCUT2D eigenvalue weighted by molar-refractivity contribution is -0.486. The summed E-state index contributed by atoms with van der Waals surface area (Å²) in [6.07, 6.45) is 3.39. The maximum absolute atomic E-state index is 10.3. The second-order valence-electron chi connectivity index (χ2n) is 2.62.